The molecule has 0 atom stereocenters. The van der Waals surface area contributed by atoms with Crippen LogP contribution in [0.5, 0.6) is 5.75 Å². The fraction of sp³-hybridized carbons (Fsp3) is 0. The van der Waals surface area contributed by atoms with Crippen molar-refractivity contribution in [3.05, 3.63) is 60.8 Å². The molecular weight excluding hydrogens is 278 g/mol. The molecule has 2 aromatic heterocycles. The lowest BCUT2D eigenvalue weighted by Crippen LogP contribution is -1.85. The molecular formula is C17H11N3O2. The van der Waals surface area contributed by atoms with Crippen LogP contribution in [0.25, 0.3) is 33.7 Å². The molecule has 5 nitrogen and oxygen atoms in total. The highest BCUT2D eigenvalue weighted by Gasteiger charge is 2.17. The van der Waals surface area contributed by atoms with E-state index in [9.17, 15) is 5.11 Å². The van der Waals surface area contributed by atoms with Crippen molar-refractivity contribution in [3.8, 4) is 28.7 Å². The molecule has 0 bridgehead atoms. The largest absolute Gasteiger partial charge is 0.507 e. The van der Waals surface area contributed by atoms with Gasteiger partial charge in [0, 0.05) is 6.20 Å². The van der Waals surface area contributed by atoms with Crippen LogP contribution >= 0.6 is 0 Å². The first-order chi connectivity index (χ1) is 10.8. The van der Waals surface area contributed by atoms with Crippen LogP contribution in [0.15, 0.2) is 65.3 Å². The third-order valence-electron chi connectivity index (χ3n) is 3.44. The number of phenols is 1. The Morgan fingerprint density at radius 1 is 0.909 bits per heavy atom. The Bertz CT molecular complexity index is 948. The van der Waals surface area contributed by atoms with Crippen molar-refractivity contribution in [2.24, 2.45) is 0 Å². The van der Waals surface area contributed by atoms with Crippen molar-refractivity contribution in [2.75, 3.05) is 0 Å². The Morgan fingerprint density at radius 3 is 2.64 bits per heavy atom. The van der Waals surface area contributed by atoms with E-state index in [0.717, 1.165) is 10.8 Å². The zero-order valence-corrected chi connectivity index (χ0v) is 11.5. The lowest BCUT2D eigenvalue weighted by atomic mass is 10.0. The number of aromatic nitrogens is 3. The van der Waals surface area contributed by atoms with E-state index in [4.69, 9.17) is 4.52 Å². The summed E-state index contributed by atoms with van der Waals surface area (Å²) in [5, 5.41) is 16.0. The van der Waals surface area contributed by atoms with Crippen LogP contribution in [-0.4, -0.2) is 20.2 Å². The van der Waals surface area contributed by atoms with Gasteiger partial charge in [-0.25, -0.2) is 0 Å². The highest BCUT2D eigenvalue weighted by atomic mass is 16.5. The van der Waals surface area contributed by atoms with E-state index in [0.29, 0.717) is 17.1 Å². The minimum absolute atomic E-state index is 0.106. The Balaban J connectivity index is 1.90. The van der Waals surface area contributed by atoms with E-state index in [-0.39, 0.29) is 11.6 Å². The Kier molecular flexibility index (Phi) is 2.83. The van der Waals surface area contributed by atoms with Gasteiger partial charge in [0.1, 0.15) is 11.4 Å². The van der Waals surface area contributed by atoms with Crippen LogP contribution < -0.4 is 0 Å². The Morgan fingerprint density at radius 2 is 1.77 bits per heavy atom. The highest BCUT2D eigenvalue weighted by molar-refractivity contribution is 5.97. The molecule has 0 aliphatic heterocycles. The number of rotatable bonds is 2. The Labute approximate surface area is 125 Å². The van der Waals surface area contributed by atoms with Gasteiger partial charge in [-0.1, -0.05) is 41.6 Å². The number of hydrogen-bond donors (Lipinski definition) is 1. The van der Waals surface area contributed by atoms with Crippen molar-refractivity contribution >= 4 is 10.8 Å². The predicted octanol–water partition coefficient (Wildman–Crippen LogP) is 3.66. The monoisotopic (exact) mass is 289 g/mol. The fourth-order valence-electron chi connectivity index (χ4n) is 2.41. The number of phenolic OH excluding ortho intramolecular Hbond substituents is 1. The molecule has 106 valence electrons. The molecule has 22 heavy (non-hydrogen) atoms. The standard InChI is InChI=1S/C17H11N3O2/c21-14-9-8-11-5-1-2-6-12(11)15(14)17-19-16(20-22-17)13-7-3-4-10-18-13/h1-10,21H. The number of pyridine rings is 1. The van der Waals surface area contributed by atoms with Gasteiger partial charge in [0.25, 0.3) is 5.89 Å². The summed E-state index contributed by atoms with van der Waals surface area (Å²) in [5.41, 5.74) is 1.16. The molecule has 5 heteroatoms. The van der Waals surface area contributed by atoms with Crippen molar-refractivity contribution in [1.29, 1.82) is 0 Å². The van der Waals surface area contributed by atoms with Crippen molar-refractivity contribution in [1.82, 2.24) is 15.1 Å². The summed E-state index contributed by atoms with van der Waals surface area (Å²) in [6.45, 7) is 0. The average molecular weight is 289 g/mol. The van der Waals surface area contributed by atoms with E-state index in [1.165, 1.54) is 0 Å². The molecule has 0 spiro atoms. The van der Waals surface area contributed by atoms with Gasteiger partial charge in [0.15, 0.2) is 0 Å². The van der Waals surface area contributed by atoms with E-state index < -0.39 is 0 Å². The second-order valence-corrected chi connectivity index (χ2v) is 4.82. The molecule has 0 radical (unpaired) electrons. The van der Waals surface area contributed by atoms with Crippen LogP contribution in [0.1, 0.15) is 0 Å². The number of benzene rings is 2. The molecule has 0 saturated heterocycles. The minimum Gasteiger partial charge on any atom is -0.507 e. The second-order valence-electron chi connectivity index (χ2n) is 4.82. The maximum atomic E-state index is 10.2. The maximum absolute atomic E-state index is 10.2. The molecule has 1 N–H and O–H groups in total. The molecule has 0 aliphatic rings. The normalized spacial score (nSPS) is 10.9. The second kappa shape index (κ2) is 4.96. The van der Waals surface area contributed by atoms with Gasteiger partial charge in [-0.05, 0) is 29.0 Å². The molecule has 0 fully saturated rings. The van der Waals surface area contributed by atoms with Crippen molar-refractivity contribution in [3.63, 3.8) is 0 Å². The fourth-order valence-corrected chi connectivity index (χ4v) is 2.41. The zero-order chi connectivity index (χ0) is 14.9. The first kappa shape index (κ1) is 12.5. The molecule has 4 aromatic rings. The summed E-state index contributed by atoms with van der Waals surface area (Å²) < 4.78 is 5.33. The van der Waals surface area contributed by atoms with Crippen molar-refractivity contribution < 1.29 is 9.63 Å². The number of fused-ring (bicyclic) bond motifs is 1. The van der Waals surface area contributed by atoms with E-state index in [1.807, 2.05) is 42.5 Å². The summed E-state index contributed by atoms with van der Waals surface area (Å²) in [6.07, 6.45) is 1.67. The van der Waals surface area contributed by atoms with Crippen LogP contribution in [0.3, 0.4) is 0 Å². The predicted molar refractivity (Wildman–Crippen MR) is 82.1 cm³/mol. The van der Waals surface area contributed by atoms with E-state index in [2.05, 4.69) is 15.1 Å². The van der Waals surface area contributed by atoms with E-state index >= 15 is 0 Å². The summed E-state index contributed by atoms with van der Waals surface area (Å²) in [5.74, 6) is 0.771. The summed E-state index contributed by atoms with van der Waals surface area (Å²) in [7, 11) is 0. The summed E-state index contributed by atoms with van der Waals surface area (Å²) in [6, 6.07) is 16.7. The quantitative estimate of drug-likeness (QED) is 0.609. The lowest BCUT2D eigenvalue weighted by Gasteiger charge is -2.04. The molecule has 2 aromatic carbocycles. The van der Waals surface area contributed by atoms with Crippen LogP contribution in [0.4, 0.5) is 0 Å². The van der Waals surface area contributed by atoms with Crippen LogP contribution in [-0.2, 0) is 0 Å². The Hall–Kier alpha value is -3.21. The summed E-state index contributed by atoms with van der Waals surface area (Å²) in [4.78, 5) is 8.55. The SMILES string of the molecule is Oc1ccc2ccccc2c1-c1nc(-c2ccccn2)no1. The van der Waals surface area contributed by atoms with Gasteiger partial charge >= 0.3 is 0 Å². The van der Waals surface area contributed by atoms with Crippen LogP contribution in [0.2, 0.25) is 0 Å². The minimum atomic E-state index is 0.106. The molecule has 2 heterocycles. The topological polar surface area (TPSA) is 72.0 Å². The first-order valence-electron chi connectivity index (χ1n) is 6.79. The average Bonchev–Trinajstić information content (AvgIpc) is 3.05. The van der Waals surface area contributed by atoms with Gasteiger partial charge < -0.3 is 9.63 Å². The number of aromatic hydroxyl groups is 1. The summed E-state index contributed by atoms with van der Waals surface area (Å²) >= 11 is 0. The number of hydrogen-bond acceptors (Lipinski definition) is 5. The molecule has 4 rings (SSSR count). The number of nitrogens with zero attached hydrogens (tertiary/aromatic N) is 3. The molecule has 0 aliphatic carbocycles. The van der Waals surface area contributed by atoms with Gasteiger partial charge in [-0.15, -0.1) is 0 Å². The third-order valence-corrected chi connectivity index (χ3v) is 3.44. The molecule has 0 saturated carbocycles. The smallest absolute Gasteiger partial charge is 0.262 e. The van der Waals surface area contributed by atoms with Crippen molar-refractivity contribution in [2.45, 2.75) is 0 Å². The van der Waals surface area contributed by atoms with Gasteiger partial charge in [0.2, 0.25) is 5.82 Å². The third kappa shape index (κ3) is 2.00. The first-order valence-corrected chi connectivity index (χ1v) is 6.79. The highest BCUT2D eigenvalue weighted by Crippen LogP contribution is 2.35. The van der Waals surface area contributed by atoms with E-state index in [1.54, 1.807) is 18.3 Å². The molecule has 0 unspecified atom stereocenters. The van der Waals surface area contributed by atoms with Crippen LogP contribution in [0, 0.1) is 0 Å². The zero-order valence-electron chi connectivity index (χ0n) is 11.5. The molecule has 0 amide bonds. The lowest BCUT2D eigenvalue weighted by molar-refractivity contribution is 0.426. The van der Waals surface area contributed by atoms with Gasteiger partial charge in [0.05, 0.1) is 5.56 Å². The maximum Gasteiger partial charge on any atom is 0.262 e. The van der Waals surface area contributed by atoms with Gasteiger partial charge in [-0.3, -0.25) is 4.98 Å². The van der Waals surface area contributed by atoms with Gasteiger partial charge in [-0.2, -0.15) is 4.98 Å².